The third-order valence-electron chi connectivity index (χ3n) is 3.43. The van der Waals surface area contributed by atoms with E-state index in [1.807, 2.05) is 31.2 Å². The van der Waals surface area contributed by atoms with E-state index in [4.69, 9.17) is 15.2 Å². The van der Waals surface area contributed by atoms with Gasteiger partial charge in [-0.3, -0.25) is 14.2 Å². The SMILES string of the molecule is CCCOc1ccc(/C=c2/s/c(=C\C(=O)OCC)n(CC(N)=O)c2=O)cc1. The second-order valence-corrected chi connectivity index (χ2v) is 6.68. The van der Waals surface area contributed by atoms with Gasteiger partial charge >= 0.3 is 5.97 Å². The van der Waals surface area contributed by atoms with E-state index >= 15 is 0 Å². The number of primary amides is 1. The minimum atomic E-state index is -0.669. The van der Waals surface area contributed by atoms with Gasteiger partial charge < -0.3 is 15.2 Å². The molecule has 2 N–H and O–H groups in total. The summed E-state index contributed by atoms with van der Waals surface area (Å²) in [5.74, 6) is -0.499. The highest BCUT2D eigenvalue weighted by atomic mass is 32.1. The number of ether oxygens (including phenoxy) is 2. The Labute approximate surface area is 160 Å². The third kappa shape index (κ3) is 5.82. The fourth-order valence-corrected chi connectivity index (χ4v) is 3.30. The van der Waals surface area contributed by atoms with Crippen molar-refractivity contribution in [1.82, 2.24) is 4.57 Å². The average Bonchev–Trinajstić information content (AvgIpc) is 2.89. The molecule has 0 fully saturated rings. The number of benzene rings is 1. The number of rotatable bonds is 8. The van der Waals surface area contributed by atoms with Crippen molar-refractivity contribution >= 4 is 35.4 Å². The van der Waals surface area contributed by atoms with Crippen LogP contribution in [-0.2, 0) is 20.9 Å². The number of esters is 1. The summed E-state index contributed by atoms with van der Waals surface area (Å²) in [6, 6.07) is 7.31. The lowest BCUT2D eigenvalue weighted by molar-refractivity contribution is -0.135. The molecule has 0 radical (unpaired) electrons. The fourth-order valence-electron chi connectivity index (χ4n) is 2.26. The smallest absolute Gasteiger partial charge is 0.333 e. The van der Waals surface area contributed by atoms with Gasteiger partial charge in [0.2, 0.25) is 5.91 Å². The van der Waals surface area contributed by atoms with Crippen molar-refractivity contribution in [3.63, 3.8) is 0 Å². The summed E-state index contributed by atoms with van der Waals surface area (Å²) in [5, 5.41) is 0. The minimum absolute atomic E-state index is 0.214. The van der Waals surface area contributed by atoms with Gasteiger partial charge in [-0.25, -0.2) is 4.79 Å². The molecular weight excluding hydrogens is 368 g/mol. The van der Waals surface area contributed by atoms with Crippen molar-refractivity contribution in [2.75, 3.05) is 13.2 Å². The Bertz CT molecular complexity index is 973. The number of hydrogen-bond acceptors (Lipinski definition) is 6. The van der Waals surface area contributed by atoms with Crippen molar-refractivity contribution in [3.8, 4) is 5.75 Å². The van der Waals surface area contributed by atoms with Crippen LogP contribution in [0.2, 0.25) is 0 Å². The molecular formula is C19H22N2O5S. The number of carbonyl (C=O) groups is 2. The molecule has 0 aliphatic heterocycles. The normalized spacial score (nSPS) is 12.2. The van der Waals surface area contributed by atoms with Crippen LogP contribution >= 0.6 is 11.3 Å². The molecule has 0 bridgehead atoms. The first kappa shape index (κ1) is 20.4. The Balaban J connectivity index is 2.46. The van der Waals surface area contributed by atoms with Crippen LogP contribution in [0.1, 0.15) is 25.8 Å². The lowest BCUT2D eigenvalue weighted by atomic mass is 10.2. The maximum atomic E-state index is 12.6. The largest absolute Gasteiger partial charge is 0.494 e. The molecule has 1 heterocycles. The van der Waals surface area contributed by atoms with Crippen LogP contribution in [0.25, 0.3) is 12.2 Å². The van der Waals surface area contributed by atoms with Gasteiger partial charge in [-0.2, -0.15) is 0 Å². The van der Waals surface area contributed by atoms with Crippen LogP contribution in [0.5, 0.6) is 5.75 Å². The van der Waals surface area contributed by atoms with E-state index in [2.05, 4.69) is 0 Å². The number of nitrogens with zero attached hydrogens (tertiary/aromatic N) is 1. The molecule has 0 spiro atoms. The summed E-state index contributed by atoms with van der Waals surface area (Å²) in [6.45, 7) is 4.26. The molecule has 7 nitrogen and oxygen atoms in total. The van der Waals surface area contributed by atoms with E-state index in [1.54, 1.807) is 13.0 Å². The molecule has 0 aliphatic rings. The van der Waals surface area contributed by atoms with Gasteiger partial charge in [-0.05, 0) is 37.1 Å². The number of nitrogens with two attached hydrogens (primary N) is 1. The van der Waals surface area contributed by atoms with Crippen molar-refractivity contribution < 1.29 is 19.1 Å². The molecule has 1 aromatic carbocycles. The summed E-state index contributed by atoms with van der Waals surface area (Å²) in [4.78, 5) is 35.6. The average molecular weight is 390 g/mol. The van der Waals surface area contributed by atoms with Crippen LogP contribution in [0.4, 0.5) is 0 Å². The van der Waals surface area contributed by atoms with Crippen LogP contribution in [0.15, 0.2) is 29.1 Å². The number of carbonyl (C=O) groups excluding carboxylic acids is 2. The Morgan fingerprint density at radius 3 is 2.52 bits per heavy atom. The molecule has 2 aromatic rings. The second kappa shape index (κ2) is 9.72. The third-order valence-corrected chi connectivity index (χ3v) is 4.49. The standard InChI is InChI=1S/C19H22N2O5S/c1-3-9-26-14-7-5-13(6-8-14)10-15-19(24)21(12-16(20)22)17(27-15)11-18(23)25-4-2/h5-8,10-11H,3-4,9,12H2,1-2H3,(H2,20,22)/b15-10+,17-11-. The van der Waals surface area contributed by atoms with Crippen molar-refractivity contribution in [3.05, 3.63) is 49.4 Å². The predicted molar refractivity (Wildman–Crippen MR) is 104 cm³/mol. The van der Waals surface area contributed by atoms with E-state index in [1.165, 1.54) is 10.6 Å². The van der Waals surface area contributed by atoms with Crippen molar-refractivity contribution in [2.45, 2.75) is 26.8 Å². The first-order chi connectivity index (χ1) is 12.9. The predicted octanol–water partition coefficient (Wildman–Crippen LogP) is 0.356. The van der Waals surface area contributed by atoms with Crippen LogP contribution in [0.3, 0.4) is 0 Å². The molecule has 0 aliphatic carbocycles. The maximum Gasteiger partial charge on any atom is 0.333 e. The molecule has 0 atom stereocenters. The highest BCUT2D eigenvalue weighted by Crippen LogP contribution is 2.12. The Hall–Kier alpha value is -2.87. The van der Waals surface area contributed by atoms with Gasteiger partial charge in [0.15, 0.2) is 0 Å². The zero-order chi connectivity index (χ0) is 19.8. The number of hydrogen-bond donors (Lipinski definition) is 1. The summed E-state index contributed by atoms with van der Waals surface area (Å²) in [7, 11) is 0. The van der Waals surface area contributed by atoms with Crippen molar-refractivity contribution in [2.24, 2.45) is 5.73 Å². The van der Waals surface area contributed by atoms with Crippen LogP contribution in [-0.4, -0.2) is 29.7 Å². The van der Waals surface area contributed by atoms with Crippen LogP contribution in [0, 0.1) is 0 Å². The van der Waals surface area contributed by atoms with Gasteiger partial charge in [0.25, 0.3) is 5.56 Å². The lowest BCUT2D eigenvalue weighted by Crippen LogP contribution is -2.36. The Morgan fingerprint density at radius 2 is 1.93 bits per heavy atom. The van der Waals surface area contributed by atoms with Gasteiger partial charge in [0, 0.05) is 0 Å². The highest BCUT2D eigenvalue weighted by molar-refractivity contribution is 7.07. The first-order valence-corrected chi connectivity index (χ1v) is 9.37. The lowest BCUT2D eigenvalue weighted by Gasteiger charge is -2.03. The molecule has 0 unspecified atom stereocenters. The summed E-state index contributed by atoms with van der Waals surface area (Å²) >= 11 is 1.09. The summed E-state index contributed by atoms with van der Waals surface area (Å²) in [5.41, 5.74) is 5.63. The molecule has 0 saturated carbocycles. The monoisotopic (exact) mass is 390 g/mol. The van der Waals surface area contributed by atoms with Gasteiger partial charge in [0.1, 0.15) is 17.0 Å². The number of thiazole rings is 1. The molecule has 1 aromatic heterocycles. The van der Waals surface area contributed by atoms with Crippen molar-refractivity contribution in [1.29, 1.82) is 0 Å². The zero-order valence-electron chi connectivity index (χ0n) is 15.3. The van der Waals surface area contributed by atoms with E-state index in [9.17, 15) is 14.4 Å². The second-order valence-electron chi connectivity index (χ2n) is 5.62. The molecule has 27 heavy (non-hydrogen) atoms. The van der Waals surface area contributed by atoms with Crippen LogP contribution < -0.4 is 25.2 Å². The van der Waals surface area contributed by atoms with E-state index < -0.39 is 11.9 Å². The summed E-state index contributed by atoms with van der Waals surface area (Å²) < 4.78 is 12.3. The maximum absolute atomic E-state index is 12.6. The quantitative estimate of drug-likeness (QED) is 0.656. The van der Waals surface area contributed by atoms with E-state index in [0.717, 1.165) is 29.1 Å². The van der Waals surface area contributed by atoms with Gasteiger partial charge in [-0.1, -0.05) is 19.1 Å². The van der Waals surface area contributed by atoms with E-state index in [-0.39, 0.29) is 18.7 Å². The highest BCUT2D eigenvalue weighted by Gasteiger charge is 2.09. The molecule has 144 valence electrons. The van der Waals surface area contributed by atoms with Gasteiger partial charge in [0.05, 0.1) is 23.8 Å². The zero-order valence-corrected chi connectivity index (χ0v) is 16.1. The number of aromatic nitrogens is 1. The summed E-state index contributed by atoms with van der Waals surface area (Å²) in [6.07, 6.45) is 3.80. The fraction of sp³-hybridized carbons (Fsp3) is 0.316. The molecule has 8 heteroatoms. The minimum Gasteiger partial charge on any atom is -0.494 e. The number of amides is 1. The first-order valence-electron chi connectivity index (χ1n) is 8.55. The molecule has 1 amide bonds. The van der Waals surface area contributed by atoms with Gasteiger partial charge in [-0.15, -0.1) is 11.3 Å². The molecule has 0 saturated heterocycles. The Kier molecular flexibility index (Phi) is 7.36. The Morgan fingerprint density at radius 1 is 1.22 bits per heavy atom. The topological polar surface area (TPSA) is 101 Å². The molecule has 2 rings (SSSR count). The van der Waals surface area contributed by atoms with E-state index in [0.29, 0.717) is 15.8 Å².